The van der Waals surface area contributed by atoms with Gasteiger partial charge in [-0.15, -0.1) is 0 Å². The van der Waals surface area contributed by atoms with E-state index in [1.165, 1.54) is 14.0 Å². The van der Waals surface area contributed by atoms with Crippen molar-refractivity contribution in [3.8, 4) is 17.2 Å². The molecule has 2 aromatic rings. The third-order valence-electron chi connectivity index (χ3n) is 4.14. The first-order chi connectivity index (χ1) is 13.0. The molecule has 142 valence electrons. The molecule has 3 rings (SSSR count). The van der Waals surface area contributed by atoms with Gasteiger partial charge < -0.3 is 24.7 Å². The SMILES string of the molecule is COC(=O)C(N)Cc1ccc2c(c1)OCC(c1ccc(OC(C)=O)cc1)O2. The van der Waals surface area contributed by atoms with Crippen LogP contribution in [0.1, 0.15) is 24.2 Å². The van der Waals surface area contributed by atoms with Crippen LogP contribution in [0.25, 0.3) is 0 Å². The number of carbonyl (C=O) groups excluding carboxylic acids is 2. The molecule has 2 aromatic carbocycles. The molecule has 7 heteroatoms. The molecule has 0 amide bonds. The highest BCUT2D eigenvalue weighted by molar-refractivity contribution is 5.75. The molecule has 0 aliphatic carbocycles. The molecule has 1 heterocycles. The average molecular weight is 371 g/mol. The minimum Gasteiger partial charge on any atom is -0.485 e. The number of carbonyl (C=O) groups is 2. The van der Waals surface area contributed by atoms with Crippen LogP contribution >= 0.6 is 0 Å². The Morgan fingerprint density at radius 3 is 2.59 bits per heavy atom. The number of methoxy groups -OCH3 is 1. The predicted octanol–water partition coefficient (Wildman–Crippen LogP) is 2.17. The van der Waals surface area contributed by atoms with E-state index in [4.69, 9.17) is 19.9 Å². The van der Waals surface area contributed by atoms with E-state index in [-0.39, 0.29) is 12.1 Å². The van der Waals surface area contributed by atoms with Gasteiger partial charge in [-0.2, -0.15) is 0 Å². The van der Waals surface area contributed by atoms with E-state index in [0.717, 1.165) is 11.1 Å². The second kappa shape index (κ2) is 8.09. The molecule has 2 atom stereocenters. The van der Waals surface area contributed by atoms with Crippen molar-refractivity contribution in [3.05, 3.63) is 53.6 Å². The van der Waals surface area contributed by atoms with Gasteiger partial charge in [0.2, 0.25) is 0 Å². The van der Waals surface area contributed by atoms with Crippen molar-refractivity contribution in [1.29, 1.82) is 0 Å². The molecule has 0 bridgehead atoms. The van der Waals surface area contributed by atoms with Crippen molar-refractivity contribution in [2.75, 3.05) is 13.7 Å². The molecular formula is C20H21NO6. The Morgan fingerprint density at radius 2 is 1.93 bits per heavy atom. The summed E-state index contributed by atoms with van der Waals surface area (Å²) < 4.78 is 21.5. The summed E-state index contributed by atoms with van der Waals surface area (Å²) in [6.45, 7) is 1.70. The fraction of sp³-hybridized carbons (Fsp3) is 0.300. The van der Waals surface area contributed by atoms with Gasteiger partial charge in [-0.1, -0.05) is 18.2 Å². The summed E-state index contributed by atoms with van der Waals surface area (Å²) in [5.41, 5.74) is 7.57. The van der Waals surface area contributed by atoms with Gasteiger partial charge in [0.05, 0.1) is 7.11 Å². The molecule has 27 heavy (non-hydrogen) atoms. The van der Waals surface area contributed by atoms with Gasteiger partial charge in [-0.3, -0.25) is 9.59 Å². The van der Waals surface area contributed by atoms with Gasteiger partial charge in [0.1, 0.15) is 18.4 Å². The van der Waals surface area contributed by atoms with Gasteiger partial charge in [-0.25, -0.2) is 0 Å². The van der Waals surface area contributed by atoms with Crippen LogP contribution in [0.5, 0.6) is 17.2 Å². The molecule has 0 fully saturated rings. The van der Waals surface area contributed by atoms with Crippen LogP contribution in [0.15, 0.2) is 42.5 Å². The Bertz CT molecular complexity index is 833. The highest BCUT2D eigenvalue weighted by Crippen LogP contribution is 2.37. The van der Waals surface area contributed by atoms with Crippen LogP contribution in [0.2, 0.25) is 0 Å². The third kappa shape index (κ3) is 4.57. The van der Waals surface area contributed by atoms with E-state index >= 15 is 0 Å². The standard InChI is InChI=1S/C20H21NO6/c1-12(22)26-15-6-4-14(5-7-15)19-11-25-18-10-13(3-8-17(18)27-19)9-16(21)20(23)24-2/h3-8,10,16,19H,9,11,21H2,1-2H3. The first-order valence-electron chi connectivity index (χ1n) is 8.50. The zero-order chi connectivity index (χ0) is 19.4. The minimum absolute atomic E-state index is 0.271. The lowest BCUT2D eigenvalue weighted by atomic mass is 10.0. The highest BCUT2D eigenvalue weighted by Gasteiger charge is 2.24. The Balaban J connectivity index is 1.68. The number of nitrogens with two attached hydrogens (primary N) is 1. The van der Waals surface area contributed by atoms with Gasteiger partial charge in [0.15, 0.2) is 17.6 Å². The Labute approximate surface area is 157 Å². The lowest BCUT2D eigenvalue weighted by molar-refractivity contribution is -0.142. The minimum atomic E-state index is -0.721. The number of fused-ring (bicyclic) bond motifs is 1. The molecule has 7 nitrogen and oxygen atoms in total. The van der Waals surface area contributed by atoms with E-state index in [0.29, 0.717) is 30.3 Å². The third-order valence-corrected chi connectivity index (χ3v) is 4.14. The zero-order valence-corrected chi connectivity index (χ0v) is 15.1. The zero-order valence-electron chi connectivity index (χ0n) is 15.1. The summed E-state index contributed by atoms with van der Waals surface area (Å²) in [5.74, 6) is 0.886. The first-order valence-corrected chi connectivity index (χ1v) is 8.50. The van der Waals surface area contributed by atoms with E-state index in [1.54, 1.807) is 18.2 Å². The Kier molecular flexibility index (Phi) is 5.61. The van der Waals surface area contributed by atoms with Crippen LogP contribution in [0, 0.1) is 0 Å². The molecule has 2 unspecified atom stereocenters. The predicted molar refractivity (Wildman–Crippen MR) is 96.8 cm³/mol. The summed E-state index contributed by atoms with van der Waals surface area (Å²) in [4.78, 5) is 22.4. The van der Waals surface area contributed by atoms with Crippen LogP contribution in [0.4, 0.5) is 0 Å². The highest BCUT2D eigenvalue weighted by atomic mass is 16.6. The van der Waals surface area contributed by atoms with Crippen molar-refractivity contribution in [1.82, 2.24) is 0 Å². The van der Waals surface area contributed by atoms with E-state index in [9.17, 15) is 9.59 Å². The number of esters is 2. The van der Waals surface area contributed by atoms with Gasteiger partial charge in [0, 0.05) is 6.92 Å². The van der Waals surface area contributed by atoms with Gasteiger partial charge in [0.25, 0.3) is 0 Å². The smallest absolute Gasteiger partial charge is 0.322 e. The van der Waals surface area contributed by atoms with Crippen LogP contribution < -0.4 is 19.9 Å². The normalized spacial score (nSPS) is 16.3. The first kappa shape index (κ1) is 18.7. The maximum absolute atomic E-state index is 11.5. The Hall–Kier alpha value is -3.06. The summed E-state index contributed by atoms with van der Waals surface area (Å²) in [6.07, 6.45) is 0.0803. The fourth-order valence-electron chi connectivity index (χ4n) is 2.81. The number of ether oxygens (including phenoxy) is 4. The second-order valence-electron chi connectivity index (χ2n) is 6.20. The number of hydrogen-bond acceptors (Lipinski definition) is 7. The second-order valence-corrected chi connectivity index (χ2v) is 6.20. The number of rotatable bonds is 5. The van der Waals surface area contributed by atoms with Crippen LogP contribution in [-0.4, -0.2) is 31.7 Å². The molecule has 1 aliphatic rings. The lowest BCUT2D eigenvalue weighted by Gasteiger charge is -2.27. The number of benzene rings is 2. The fourth-order valence-corrected chi connectivity index (χ4v) is 2.81. The molecule has 1 aliphatic heterocycles. The summed E-state index contributed by atoms with van der Waals surface area (Å²) in [7, 11) is 1.31. The molecule has 0 aromatic heterocycles. The van der Waals surface area contributed by atoms with Crippen LogP contribution in [0.3, 0.4) is 0 Å². The average Bonchev–Trinajstić information content (AvgIpc) is 2.67. The Morgan fingerprint density at radius 1 is 1.19 bits per heavy atom. The summed E-state index contributed by atoms with van der Waals surface area (Å²) in [5, 5.41) is 0. The van der Waals surface area contributed by atoms with E-state index in [1.807, 2.05) is 24.3 Å². The van der Waals surface area contributed by atoms with E-state index in [2.05, 4.69) is 4.74 Å². The van der Waals surface area contributed by atoms with Crippen LogP contribution in [-0.2, 0) is 20.7 Å². The largest absolute Gasteiger partial charge is 0.485 e. The molecular weight excluding hydrogens is 350 g/mol. The topological polar surface area (TPSA) is 97.1 Å². The van der Waals surface area contributed by atoms with Crippen molar-refractivity contribution in [3.63, 3.8) is 0 Å². The van der Waals surface area contributed by atoms with E-state index < -0.39 is 12.0 Å². The lowest BCUT2D eigenvalue weighted by Crippen LogP contribution is -2.33. The van der Waals surface area contributed by atoms with Crippen molar-refractivity contribution >= 4 is 11.9 Å². The molecule has 0 saturated carbocycles. The maximum Gasteiger partial charge on any atom is 0.322 e. The monoisotopic (exact) mass is 371 g/mol. The molecule has 0 radical (unpaired) electrons. The quantitative estimate of drug-likeness (QED) is 0.635. The maximum atomic E-state index is 11.5. The molecule has 0 spiro atoms. The van der Waals surface area contributed by atoms with Gasteiger partial charge in [-0.05, 0) is 41.8 Å². The summed E-state index contributed by atoms with van der Waals surface area (Å²) >= 11 is 0. The van der Waals surface area contributed by atoms with Crippen molar-refractivity contribution in [2.45, 2.75) is 25.5 Å². The van der Waals surface area contributed by atoms with Crippen molar-refractivity contribution < 1.29 is 28.5 Å². The molecule has 0 saturated heterocycles. The van der Waals surface area contributed by atoms with Gasteiger partial charge >= 0.3 is 11.9 Å². The summed E-state index contributed by atoms with van der Waals surface area (Å²) in [6, 6.07) is 11.8. The van der Waals surface area contributed by atoms with Crippen molar-refractivity contribution in [2.24, 2.45) is 5.73 Å². The molecule has 2 N–H and O–H groups in total. The number of hydrogen-bond donors (Lipinski definition) is 1.